The largest absolute Gasteiger partial charge is 0.489 e. The molecule has 3 aromatic carbocycles. The smallest absolute Gasteiger partial charge is 0.327 e. The van der Waals surface area contributed by atoms with E-state index in [9.17, 15) is 9.59 Å². The van der Waals surface area contributed by atoms with Crippen LogP contribution in [-0.2, 0) is 32.3 Å². The molecule has 8 heteroatoms. The molecule has 8 nitrogen and oxygen atoms in total. The molecule has 0 heterocycles. The molecule has 0 unspecified atom stereocenters. The van der Waals surface area contributed by atoms with Gasteiger partial charge in [-0.05, 0) is 60.4 Å². The van der Waals surface area contributed by atoms with Crippen molar-refractivity contribution >= 4 is 11.9 Å². The van der Waals surface area contributed by atoms with Crippen molar-refractivity contribution < 1.29 is 28.5 Å². The van der Waals surface area contributed by atoms with Gasteiger partial charge in [-0.3, -0.25) is 0 Å². The molecule has 0 radical (unpaired) electrons. The summed E-state index contributed by atoms with van der Waals surface area (Å²) in [5, 5.41) is 0. The predicted molar refractivity (Wildman–Crippen MR) is 135 cm³/mol. The molecule has 190 valence electrons. The lowest BCUT2D eigenvalue weighted by Gasteiger charge is -2.13. The van der Waals surface area contributed by atoms with Crippen molar-refractivity contribution in [2.45, 2.75) is 39.1 Å². The highest BCUT2D eigenvalue weighted by atomic mass is 16.5. The van der Waals surface area contributed by atoms with Crippen molar-refractivity contribution in [1.82, 2.24) is 0 Å². The maximum atomic E-state index is 11.8. The van der Waals surface area contributed by atoms with Gasteiger partial charge in [-0.25, -0.2) is 9.59 Å². The topological polar surface area (TPSA) is 123 Å². The van der Waals surface area contributed by atoms with E-state index >= 15 is 0 Å². The van der Waals surface area contributed by atoms with Crippen LogP contribution in [0, 0.1) is 0 Å². The Labute approximate surface area is 211 Å². The van der Waals surface area contributed by atoms with Crippen molar-refractivity contribution in [3.05, 3.63) is 95.1 Å². The normalized spacial score (nSPS) is 12.3. The minimum Gasteiger partial charge on any atom is -0.489 e. The van der Waals surface area contributed by atoms with E-state index in [1.807, 2.05) is 24.3 Å². The van der Waals surface area contributed by atoms with Gasteiger partial charge in [0.25, 0.3) is 0 Å². The predicted octanol–water partition coefficient (Wildman–Crippen LogP) is 3.97. The van der Waals surface area contributed by atoms with E-state index in [1.165, 1.54) is 0 Å². The Morgan fingerprint density at radius 1 is 0.611 bits per heavy atom. The Morgan fingerprint density at radius 3 is 1.25 bits per heavy atom. The molecule has 3 rings (SSSR count). The lowest BCUT2D eigenvalue weighted by Crippen LogP contribution is -2.23. The Kier molecular flexibility index (Phi) is 9.85. The molecule has 0 aliphatic carbocycles. The fourth-order valence-electron chi connectivity index (χ4n) is 3.34. The van der Waals surface area contributed by atoms with Gasteiger partial charge in [-0.2, -0.15) is 0 Å². The quantitative estimate of drug-likeness (QED) is 0.364. The fourth-order valence-corrected chi connectivity index (χ4v) is 3.34. The summed E-state index contributed by atoms with van der Waals surface area (Å²) in [6, 6.07) is 20.4. The number of carbonyl (C=O) groups excluding carboxylic acids is 2. The zero-order valence-electron chi connectivity index (χ0n) is 20.5. The maximum Gasteiger partial charge on any atom is 0.327 e. The molecule has 2 atom stereocenters. The van der Waals surface area contributed by atoms with E-state index in [1.54, 1.807) is 62.4 Å². The highest BCUT2D eigenvalue weighted by molar-refractivity contribution is 5.77. The van der Waals surface area contributed by atoms with Gasteiger partial charge < -0.3 is 30.4 Å². The summed E-state index contributed by atoms with van der Waals surface area (Å²) in [7, 11) is 0. The first-order valence-electron chi connectivity index (χ1n) is 11.8. The van der Waals surface area contributed by atoms with E-state index in [0.29, 0.717) is 49.1 Å². The van der Waals surface area contributed by atoms with Crippen LogP contribution in [0.3, 0.4) is 0 Å². The van der Waals surface area contributed by atoms with Gasteiger partial charge in [0.2, 0.25) is 0 Å². The van der Waals surface area contributed by atoms with E-state index < -0.39 is 24.0 Å². The van der Waals surface area contributed by atoms with Gasteiger partial charge in [0.15, 0.2) is 0 Å². The summed E-state index contributed by atoms with van der Waals surface area (Å²) in [6.07, 6.45) is 0. The van der Waals surface area contributed by atoms with Gasteiger partial charge in [-0.1, -0.05) is 48.5 Å². The SMILES string of the molecule is CCOC(=O)[C@H](N)c1ccc(OCc2ccc(COc3ccc([C@@H](N)C(=O)OCC)cc3)cc2)cc1. The molecule has 4 N–H and O–H groups in total. The molecule has 0 aliphatic rings. The van der Waals surface area contributed by atoms with E-state index in [0.717, 1.165) is 11.1 Å². The summed E-state index contributed by atoms with van der Waals surface area (Å²) < 4.78 is 21.6. The van der Waals surface area contributed by atoms with Gasteiger partial charge in [0.05, 0.1) is 13.2 Å². The van der Waals surface area contributed by atoms with Crippen LogP contribution in [0.1, 0.15) is 48.2 Å². The second-order valence-corrected chi connectivity index (χ2v) is 7.99. The lowest BCUT2D eigenvalue weighted by atomic mass is 10.1. The monoisotopic (exact) mass is 492 g/mol. The second-order valence-electron chi connectivity index (χ2n) is 7.99. The van der Waals surface area contributed by atoms with E-state index in [4.69, 9.17) is 30.4 Å². The highest BCUT2D eigenvalue weighted by Gasteiger charge is 2.17. The van der Waals surface area contributed by atoms with Crippen molar-refractivity contribution in [3.63, 3.8) is 0 Å². The first-order valence-corrected chi connectivity index (χ1v) is 11.8. The zero-order valence-corrected chi connectivity index (χ0v) is 20.5. The van der Waals surface area contributed by atoms with Crippen LogP contribution in [0.4, 0.5) is 0 Å². The maximum absolute atomic E-state index is 11.8. The molecule has 0 saturated carbocycles. The number of esters is 2. The van der Waals surface area contributed by atoms with Crippen LogP contribution in [0.2, 0.25) is 0 Å². The Balaban J connectivity index is 1.46. The van der Waals surface area contributed by atoms with Gasteiger partial charge in [0.1, 0.15) is 36.8 Å². The average Bonchev–Trinajstić information content (AvgIpc) is 2.91. The minimum absolute atomic E-state index is 0.291. The van der Waals surface area contributed by atoms with Crippen LogP contribution in [0.5, 0.6) is 11.5 Å². The van der Waals surface area contributed by atoms with Crippen LogP contribution in [0.15, 0.2) is 72.8 Å². The number of ether oxygens (including phenoxy) is 4. The Bertz CT molecular complexity index is 1020. The zero-order chi connectivity index (χ0) is 25.9. The Morgan fingerprint density at radius 2 is 0.944 bits per heavy atom. The molecule has 0 bridgehead atoms. The Hall–Kier alpha value is -3.88. The fraction of sp³-hybridized carbons (Fsp3) is 0.286. The van der Waals surface area contributed by atoms with Gasteiger partial charge in [-0.15, -0.1) is 0 Å². The van der Waals surface area contributed by atoms with Crippen LogP contribution in [0.25, 0.3) is 0 Å². The minimum atomic E-state index is -0.811. The molecule has 0 amide bonds. The summed E-state index contributed by atoms with van der Waals surface area (Å²) in [5.41, 5.74) is 15.2. The molecular formula is C28H32N2O6. The third-order valence-corrected chi connectivity index (χ3v) is 5.39. The van der Waals surface area contributed by atoms with Crippen LogP contribution in [-0.4, -0.2) is 25.2 Å². The van der Waals surface area contributed by atoms with Crippen molar-refractivity contribution in [2.75, 3.05) is 13.2 Å². The molecule has 0 spiro atoms. The van der Waals surface area contributed by atoms with Crippen molar-refractivity contribution in [3.8, 4) is 11.5 Å². The molecule has 0 aromatic heterocycles. The second kappa shape index (κ2) is 13.3. The lowest BCUT2D eigenvalue weighted by molar-refractivity contribution is -0.145. The van der Waals surface area contributed by atoms with Gasteiger partial charge in [0, 0.05) is 0 Å². The molecule has 36 heavy (non-hydrogen) atoms. The van der Waals surface area contributed by atoms with Crippen molar-refractivity contribution in [1.29, 1.82) is 0 Å². The summed E-state index contributed by atoms with van der Waals surface area (Å²) >= 11 is 0. The molecule has 0 aliphatic heterocycles. The van der Waals surface area contributed by atoms with E-state index in [-0.39, 0.29) is 0 Å². The number of rotatable bonds is 12. The third kappa shape index (κ3) is 7.56. The van der Waals surface area contributed by atoms with Crippen molar-refractivity contribution in [2.24, 2.45) is 11.5 Å². The number of benzene rings is 3. The first kappa shape index (κ1) is 26.7. The summed E-state index contributed by atoms with van der Waals surface area (Å²) in [5.74, 6) is 0.442. The standard InChI is InChI=1S/C28H32N2O6/c1-3-33-27(31)25(29)21-9-13-23(14-10-21)35-17-19-5-7-20(8-6-19)18-36-24-15-11-22(12-16-24)26(30)28(32)34-4-2/h5-16,25-26H,3-4,17-18,29-30H2,1-2H3/t25-,26-/m1/s1. The number of hydrogen-bond donors (Lipinski definition) is 2. The number of carbonyl (C=O) groups is 2. The molecule has 3 aromatic rings. The number of nitrogens with two attached hydrogens (primary N) is 2. The highest BCUT2D eigenvalue weighted by Crippen LogP contribution is 2.20. The van der Waals surface area contributed by atoms with Crippen LogP contribution >= 0.6 is 0 Å². The average molecular weight is 493 g/mol. The van der Waals surface area contributed by atoms with Gasteiger partial charge >= 0.3 is 11.9 Å². The summed E-state index contributed by atoms with van der Waals surface area (Å²) in [6.45, 7) is 4.86. The molecular weight excluding hydrogens is 460 g/mol. The number of hydrogen-bond acceptors (Lipinski definition) is 8. The van der Waals surface area contributed by atoms with Crippen LogP contribution < -0.4 is 20.9 Å². The molecule has 0 saturated heterocycles. The third-order valence-electron chi connectivity index (χ3n) is 5.39. The van der Waals surface area contributed by atoms with E-state index in [2.05, 4.69) is 0 Å². The first-order chi connectivity index (χ1) is 17.4. The molecule has 0 fully saturated rings. The summed E-state index contributed by atoms with van der Waals surface area (Å²) in [4.78, 5) is 23.5.